The van der Waals surface area contributed by atoms with E-state index < -0.39 is 0 Å². The molecule has 0 bridgehead atoms. The molecule has 0 aromatic heterocycles. The summed E-state index contributed by atoms with van der Waals surface area (Å²) in [6.07, 6.45) is 5.27. The first-order chi connectivity index (χ1) is 14.7. The first-order valence-electron chi connectivity index (χ1n) is 11.2. The van der Waals surface area contributed by atoms with E-state index in [1.54, 1.807) is 0 Å². The lowest BCUT2D eigenvalue weighted by molar-refractivity contribution is -0.369. The molecule has 2 heterocycles. The first kappa shape index (κ1) is 25.2. The van der Waals surface area contributed by atoms with Gasteiger partial charge in [-0.3, -0.25) is 4.79 Å². The van der Waals surface area contributed by atoms with Gasteiger partial charge in [-0.25, -0.2) is 4.79 Å². The second kappa shape index (κ2) is 15.7. The molecule has 0 aromatic rings. The number of urea groups is 1. The molecule has 2 saturated heterocycles. The quantitative estimate of drug-likeness (QED) is 0.172. The van der Waals surface area contributed by atoms with Crippen LogP contribution >= 0.6 is 11.8 Å². The van der Waals surface area contributed by atoms with E-state index in [1.807, 2.05) is 11.8 Å². The van der Waals surface area contributed by atoms with E-state index in [9.17, 15) is 9.59 Å². The van der Waals surface area contributed by atoms with Crippen LogP contribution in [-0.4, -0.2) is 87.8 Å². The summed E-state index contributed by atoms with van der Waals surface area (Å²) in [4.78, 5) is 23.3. The smallest absolute Gasteiger partial charge is 0.315 e. The molecule has 0 saturated carbocycles. The standard InChI is InChI=1S/C20H38N4O5S/c21-7-3-9-27-11-13-29-14-12-28-10-4-8-22-18(25)6-2-1-5-17-19-16(15-30-17)23-20(26)24-19/h16-17,19H,1-15,21H2,(H,22,25)(H2,23,24,26)/p+1. The molecule has 10 heteroatoms. The predicted molar refractivity (Wildman–Crippen MR) is 116 cm³/mol. The van der Waals surface area contributed by atoms with Crippen molar-refractivity contribution in [1.82, 2.24) is 16.0 Å². The highest BCUT2D eigenvalue weighted by Crippen LogP contribution is 2.33. The SMILES string of the molecule is [NH3+]CCCOCCOCCOCCCNC(=O)CCCCC1SCC2NC(=O)NC21. The fraction of sp³-hybridized carbons (Fsp3) is 0.900. The maximum Gasteiger partial charge on any atom is 0.315 e. The van der Waals surface area contributed by atoms with E-state index in [1.165, 1.54) is 0 Å². The Balaban J connectivity index is 1.31. The Bertz CT molecular complexity index is 500. The van der Waals surface area contributed by atoms with E-state index in [-0.39, 0.29) is 24.0 Å². The van der Waals surface area contributed by atoms with Gasteiger partial charge in [0.15, 0.2) is 0 Å². The van der Waals surface area contributed by atoms with E-state index in [0.717, 1.165) is 51.0 Å². The van der Waals surface area contributed by atoms with Crippen molar-refractivity contribution in [1.29, 1.82) is 0 Å². The van der Waals surface area contributed by atoms with Crippen molar-refractivity contribution in [3.63, 3.8) is 0 Å². The predicted octanol–water partition coefficient (Wildman–Crippen LogP) is -0.0997. The summed E-state index contributed by atoms with van der Waals surface area (Å²) >= 11 is 1.92. The molecule has 30 heavy (non-hydrogen) atoms. The molecule has 2 aliphatic rings. The van der Waals surface area contributed by atoms with Gasteiger partial charge in [0.05, 0.1) is 51.7 Å². The normalized spacial score (nSPS) is 22.6. The van der Waals surface area contributed by atoms with Gasteiger partial charge in [0.2, 0.25) is 5.91 Å². The maximum atomic E-state index is 11.9. The summed E-state index contributed by atoms with van der Waals surface area (Å²) in [6, 6.07) is 0.474. The Kier molecular flexibility index (Phi) is 13.2. The molecule has 3 amide bonds. The van der Waals surface area contributed by atoms with E-state index >= 15 is 0 Å². The van der Waals surface area contributed by atoms with Crippen LogP contribution in [0, 0.1) is 0 Å². The molecule has 174 valence electrons. The van der Waals surface area contributed by atoms with Gasteiger partial charge in [-0.05, 0) is 19.3 Å². The highest BCUT2D eigenvalue weighted by Gasteiger charge is 2.42. The van der Waals surface area contributed by atoms with Gasteiger partial charge in [-0.1, -0.05) is 6.42 Å². The summed E-state index contributed by atoms with van der Waals surface area (Å²) in [7, 11) is 0. The molecule has 2 aliphatic heterocycles. The number of thioether (sulfide) groups is 1. The van der Waals surface area contributed by atoms with Crippen LogP contribution in [0.15, 0.2) is 0 Å². The van der Waals surface area contributed by atoms with Crippen molar-refractivity contribution in [2.45, 2.75) is 55.9 Å². The Morgan fingerprint density at radius 2 is 1.70 bits per heavy atom. The lowest BCUT2D eigenvalue weighted by atomic mass is 10.0. The summed E-state index contributed by atoms with van der Waals surface area (Å²) in [6.45, 7) is 5.21. The Hall–Kier alpha value is -1.07. The van der Waals surface area contributed by atoms with Crippen LogP contribution < -0.4 is 21.7 Å². The van der Waals surface area contributed by atoms with Crippen molar-refractivity contribution in [3.8, 4) is 0 Å². The highest BCUT2D eigenvalue weighted by atomic mass is 32.2. The molecule has 3 unspecified atom stereocenters. The molecule has 6 N–H and O–H groups in total. The molecule has 0 spiro atoms. The number of fused-ring (bicyclic) bond motifs is 1. The second-order valence-corrected chi connectivity index (χ2v) is 8.89. The van der Waals surface area contributed by atoms with Gasteiger partial charge in [-0.15, -0.1) is 0 Å². The number of unbranched alkanes of at least 4 members (excludes halogenated alkanes) is 1. The average molecular weight is 448 g/mol. The largest absolute Gasteiger partial charge is 0.379 e. The van der Waals surface area contributed by atoms with Crippen molar-refractivity contribution >= 4 is 23.7 Å². The number of nitrogens with one attached hydrogen (secondary N) is 3. The number of quaternary nitrogens is 1. The maximum absolute atomic E-state index is 11.9. The Morgan fingerprint density at radius 3 is 2.43 bits per heavy atom. The summed E-state index contributed by atoms with van der Waals surface area (Å²) in [5.74, 6) is 1.08. The number of ether oxygens (including phenoxy) is 3. The third-order valence-electron chi connectivity index (χ3n) is 5.15. The minimum Gasteiger partial charge on any atom is -0.379 e. The van der Waals surface area contributed by atoms with Crippen molar-refractivity contribution in [2.24, 2.45) is 0 Å². The number of carbonyl (C=O) groups excluding carboxylic acids is 2. The van der Waals surface area contributed by atoms with Crippen molar-refractivity contribution in [3.05, 3.63) is 0 Å². The topological polar surface area (TPSA) is 126 Å². The monoisotopic (exact) mass is 447 g/mol. The minimum atomic E-state index is -0.0447. The fourth-order valence-corrected chi connectivity index (χ4v) is 5.05. The number of carbonyl (C=O) groups is 2. The van der Waals surface area contributed by atoms with Crippen LogP contribution in [0.2, 0.25) is 0 Å². The zero-order valence-electron chi connectivity index (χ0n) is 18.0. The summed E-state index contributed by atoms with van der Waals surface area (Å²) in [5, 5.41) is 9.37. The zero-order chi connectivity index (χ0) is 21.4. The molecular weight excluding hydrogens is 408 g/mol. The van der Waals surface area contributed by atoms with Gasteiger partial charge >= 0.3 is 6.03 Å². The molecule has 0 aromatic carbocycles. The van der Waals surface area contributed by atoms with E-state index in [2.05, 4.69) is 21.7 Å². The van der Waals surface area contributed by atoms with Crippen LogP contribution in [-0.2, 0) is 19.0 Å². The van der Waals surface area contributed by atoms with Crippen molar-refractivity contribution in [2.75, 3.05) is 58.5 Å². The van der Waals surface area contributed by atoms with Gasteiger partial charge in [-0.2, -0.15) is 11.8 Å². The highest BCUT2D eigenvalue weighted by molar-refractivity contribution is 8.00. The Labute approximate surface area is 183 Å². The molecule has 0 radical (unpaired) electrons. The number of amides is 3. The zero-order valence-corrected chi connectivity index (χ0v) is 18.8. The summed E-state index contributed by atoms with van der Waals surface area (Å²) in [5.41, 5.74) is 3.76. The lowest BCUT2D eigenvalue weighted by Crippen LogP contribution is -2.50. The third-order valence-corrected chi connectivity index (χ3v) is 6.66. The van der Waals surface area contributed by atoms with Crippen LogP contribution in [0.5, 0.6) is 0 Å². The molecule has 3 atom stereocenters. The average Bonchev–Trinajstić information content (AvgIpc) is 3.28. The molecular formula is C20H39N4O5S+. The second-order valence-electron chi connectivity index (χ2n) is 7.62. The fourth-order valence-electron chi connectivity index (χ4n) is 3.51. The number of hydrogen-bond donors (Lipinski definition) is 4. The van der Waals surface area contributed by atoms with Crippen molar-refractivity contribution < 1.29 is 29.5 Å². The minimum absolute atomic E-state index is 0.0447. The van der Waals surface area contributed by atoms with Gasteiger partial charge < -0.3 is 35.9 Å². The van der Waals surface area contributed by atoms with Crippen LogP contribution in [0.4, 0.5) is 4.79 Å². The van der Waals surface area contributed by atoms with Gasteiger partial charge in [0, 0.05) is 37.0 Å². The number of rotatable bonds is 18. The first-order valence-corrected chi connectivity index (χ1v) is 12.2. The molecule has 2 rings (SSSR count). The third kappa shape index (κ3) is 10.3. The lowest BCUT2D eigenvalue weighted by Gasteiger charge is -2.16. The van der Waals surface area contributed by atoms with E-state index in [0.29, 0.717) is 51.2 Å². The Morgan fingerprint density at radius 1 is 1.00 bits per heavy atom. The number of hydrogen-bond acceptors (Lipinski definition) is 6. The van der Waals surface area contributed by atoms with Crippen LogP contribution in [0.3, 0.4) is 0 Å². The molecule has 9 nitrogen and oxygen atoms in total. The van der Waals surface area contributed by atoms with Crippen LogP contribution in [0.1, 0.15) is 38.5 Å². The molecule has 2 fully saturated rings. The summed E-state index contributed by atoms with van der Waals surface area (Å²) < 4.78 is 16.3. The van der Waals surface area contributed by atoms with Gasteiger partial charge in [0.1, 0.15) is 0 Å². The van der Waals surface area contributed by atoms with Gasteiger partial charge in [0.25, 0.3) is 0 Å². The van der Waals surface area contributed by atoms with E-state index in [4.69, 9.17) is 14.2 Å². The van der Waals surface area contributed by atoms with Crippen LogP contribution in [0.25, 0.3) is 0 Å². The molecule has 0 aliphatic carbocycles.